The van der Waals surface area contributed by atoms with Gasteiger partial charge in [-0.25, -0.2) is 4.98 Å². The fourth-order valence-electron chi connectivity index (χ4n) is 2.74. The molecule has 0 N–H and O–H groups in total. The summed E-state index contributed by atoms with van der Waals surface area (Å²) in [4.78, 5) is 16.2. The average molecular weight is 372 g/mol. The molecule has 0 saturated heterocycles. The number of aromatic nitrogens is 2. The molecule has 126 valence electrons. The first-order valence-corrected chi connectivity index (χ1v) is 8.57. The van der Waals surface area contributed by atoms with Crippen LogP contribution in [0.15, 0.2) is 42.5 Å². The summed E-state index contributed by atoms with van der Waals surface area (Å²) in [6.07, 6.45) is 0.514. The molecule has 0 bridgehead atoms. The summed E-state index contributed by atoms with van der Waals surface area (Å²) < 4.78 is 1.99. The monoisotopic (exact) mass is 371 g/mol. The lowest BCUT2D eigenvalue weighted by molar-refractivity contribution is 0.108. The van der Waals surface area contributed by atoms with Gasteiger partial charge in [0, 0.05) is 17.0 Å². The summed E-state index contributed by atoms with van der Waals surface area (Å²) in [6, 6.07) is 15.0. The Balaban J connectivity index is 2.15. The van der Waals surface area contributed by atoms with E-state index >= 15 is 0 Å². The van der Waals surface area contributed by atoms with Gasteiger partial charge in [0.1, 0.15) is 5.82 Å². The number of hydrogen-bond donors (Lipinski definition) is 0. The van der Waals surface area contributed by atoms with Gasteiger partial charge in [0.15, 0.2) is 0 Å². The standard InChI is InChI=1S/C19H15Cl2N3O/c1-12(10-22)8-18-23-16-7-6-13(19(21)25)9-17(16)24(18)11-14-4-2-3-5-15(14)20/h2-7,9,12H,8,11H2,1H3. The molecular weight excluding hydrogens is 357 g/mol. The second kappa shape index (κ2) is 7.26. The Kier molecular flexibility index (Phi) is 5.08. The van der Waals surface area contributed by atoms with Crippen LogP contribution in [0.4, 0.5) is 0 Å². The fraction of sp³-hybridized carbons (Fsp3) is 0.211. The smallest absolute Gasteiger partial charge is 0.252 e. The van der Waals surface area contributed by atoms with Crippen LogP contribution in [0.5, 0.6) is 0 Å². The lowest BCUT2D eigenvalue weighted by Gasteiger charge is -2.11. The molecule has 3 rings (SSSR count). The predicted octanol–water partition coefficient (Wildman–Crippen LogP) is 4.82. The third kappa shape index (κ3) is 3.68. The van der Waals surface area contributed by atoms with Gasteiger partial charge in [-0.3, -0.25) is 4.79 Å². The maximum atomic E-state index is 11.5. The summed E-state index contributed by atoms with van der Waals surface area (Å²) in [5.74, 6) is 0.610. The van der Waals surface area contributed by atoms with Gasteiger partial charge in [-0.15, -0.1) is 0 Å². The largest absolute Gasteiger partial charge is 0.323 e. The molecule has 1 aromatic heterocycles. The Morgan fingerprint density at radius 2 is 2.08 bits per heavy atom. The first-order chi connectivity index (χ1) is 12.0. The number of hydrogen-bond acceptors (Lipinski definition) is 3. The molecule has 1 unspecified atom stereocenters. The van der Waals surface area contributed by atoms with Crippen LogP contribution in [-0.4, -0.2) is 14.8 Å². The van der Waals surface area contributed by atoms with Gasteiger partial charge in [-0.2, -0.15) is 5.26 Å². The Bertz CT molecular complexity index is 988. The lowest BCUT2D eigenvalue weighted by Crippen LogP contribution is -2.09. The van der Waals surface area contributed by atoms with Crippen LogP contribution in [0.25, 0.3) is 11.0 Å². The van der Waals surface area contributed by atoms with Crippen molar-refractivity contribution < 1.29 is 4.79 Å². The van der Waals surface area contributed by atoms with E-state index in [0.717, 1.165) is 22.4 Å². The molecule has 0 aliphatic rings. The normalized spacial score (nSPS) is 12.1. The van der Waals surface area contributed by atoms with Crippen LogP contribution in [0, 0.1) is 17.2 Å². The fourth-order valence-corrected chi connectivity index (χ4v) is 3.06. The van der Waals surface area contributed by atoms with Crippen molar-refractivity contribution in [3.05, 3.63) is 64.4 Å². The van der Waals surface area contributed by atoms with Crippen LogP contribution in [0.2, 0.25) is 5.02 Å². The minimum absolute atomic E-state index is 0.170. The zero-order chi connectivity index (χ0) is 18.0. The number of carbonyl (C=O) groups excluding carboxylic acids is 1. The van der Waals surface area contributed by atoms with Crippen molar-refractivity contribution >= 4 is 39.5 Å². The van der Waals surface area contributed by atoms with Crippen molar-refractivity contribution in [3.63, 3.8) is 0 Å². The van der Waals surface area contributed by atoms with E-state index in [0.29, 0.717) is 23.6 Å². The third-order valence-electron chi connectivity index (χ3n) is 4.05. The molecule has 3 aromatic rings. The van der Waals surface area contributed by atoms with Gasteiger partial charge < -0.3 is 4.57 Å². The molecule has 4 nitrogen and oxygen atoms in total. The molecule has 0 aliphatic carbocycles. The van der Waals surface area contributed by atoms with Crippen molar-refractivity contribution in [2.24, 2.45) is 5.92 Å². The van der Waals surface area contributed by atoms with E-state index < -0.39 is 5.24 Å². The Labute approximate surface area is 155 Å². The van der Waals surface area contributed by atoms with Gasteiger partial charge in [-0.05, 0) is 48.4 Å². The highest BCUT2D eigenvalue weighted by Crippen LogP contribution is 2.24. The molecule has 2 aromatic carbocycles. The van der Waals surface area contributed by atoms with Crippen LogP contribution >= 0.6 is 23.2 Å². The topological polar surface area (TPSA) is 58.7 Å². The zero-order valence-corrected chi connectivity index (χ0v) is 15.1. The van der Waals surface area contributed by atoms with E-state index in [1.54, 1.807) is 18.2 Å². The Hall–Kier alpha value is -2.35. The van der Waals surface area contributed by atoms with Gasteiger partial charge in [0.25, 0.3) is 5.24 Å². The molecule has 6 heteroatoms. The summed E-state index contributed by atoms with van der Waals surface area (Å²) in [5.41, 5.74) is 2.91. The van der Waals surface area contributed by atoms with Crippen LogP contribution in [-0.2, 0) is 13.0 Å². The maximum Gasteiger partial charge on any atom is 0.252 e. The molecule has 0 spiro atoms. The highest BCUT2D eigenvalue weighted by molar-refractivity contribution is 6.67. The molecule has 0 aliphatic heterocycles. The zero-order valence-electron chi connectivity index (χ0n) is 13.5. The summed E-state index contributed by atoms with van der Waals surface area (Å²) >= 11 is 11.9. The van der Waals surface area contributed by atoms with Crippen LogP contribution in [0.3, 0.4) is 0 Å². The van der Waals surface area contributed by atoms with E-state index in [-0.39, 0.29) is 5.92 Å². The number of fused-ring (bicyclic) bond motifs is 1. The third-order valence-corrected chi connectivity index (χ3v) is 4.64. The maximum absolute atomic E-state index is 11.5. The summed E-state index contributed by atoms with van der Waals surface area (Å²) in [6.45, 7) is 2.36. The first kappa shape index (κ1) is 17.5. The average Bonchev–Trinajstić information content (AvgIpc) is 2.93. The van der Waals surface area contributed by atoms with Crippen molar-refractivity contribution in [1.82, 2.24) is 9.55 Å². The van der Waals surface area contributed by atoms with Crippen molar-refractivity contribution in [2.45, 2.75) is 19.9 Å². The highest BCUT2D eigenvalue weighted by atomic mass is 35.5. The van der Waals surface area contributed by atoms with Gasteiger partial charge in [0.05, 0.1) is 29.6 Å². The second-order valence-electron chi connectivity index (χ2n) is 5.92. The molecule has 0 fully saturated rings. The molecule has 0 saturated carbocycles. The lowest BCUT2D eigenvalue weighted by atomic mass is 10.1. The number of nitriles is 1. The molecular formula is C19H15Cl2N3O. The summed E-state index contributed by atoms with van der Waals surface area (Å²) in [5, 5.41) is 9.29. The number of nitrogens with zero attached hydrogens (tertiary/aromatic N) is 3. The highest BCUT2D eigenvalue weighted by Gasteiger charge is 2.16. The predicted molar refractivity (Wildman–Crippen MR) is 99.0 cm³/mol. The van der Waals surface area contributed by atoms with E-state index in [1.807, 2.05) is 35.8 Å². The molecule has 0 amide bonds. The molecule has 1 atom stereocenters. The Morgan fingerprint density at radius 1 is 1.32 bits per heavy atom. The van der Waals surface area contributed by atoms with Crippen molar-refractivity contribution in [3.8, 4) is 6.07 Å². The number of benzene rings is 2. The summed E-state index contributed by atoms with van der Waals surface area (Å²) in [7, 11) is 0. The van der Waals surface area contributed by atoms with Crippen LogP contribution in [0.1, 0.15) is 28.7 Å². The second-order valence-corrected chi connectivity index (χ2v) is 6.67. The van der Waals surface area contributed by atoms with Crippen LogP contribution < -0.4 is 0 Å². The molecule has 1 heterocycles. The number of halogens is 2. The van der Waals surface area contributed by atoms with E-state index in [1.165, 1.54) is 0 Å². The SMILES string of the molecule is CC(C#N)Cc1nc2ccc(C(=O)Cl)cc2n1Cc1ccccc1Cl. The van der Waals surface area contributed by atoms with Crippen molar-refractivity contribution in [1.29, 1.82) is 5.26 Å². The van der Waals surface area contributed by atoms with E-state index in [4.69, 9.17) is 28.5 Å². The Morgan fingerprint density at radius 3 is 2.76 bits per heavy atom. The number of imidazole rings is 1. The van der Waals surface area contributed by atoms with Gasteiger partial charge in [-0.1, -0.05) is 29.8 Å². The minimum atomic E-state index is -0.515. The molecule has 0 radical (unpaired) electrons. The quantitative estimate of drug-likeness (QED) is 0.604. The van der Waals surface area contributed by atoms with E-state index in [2.05, 4.69) is 11.1 Å². The minimum Gasteiger partial charge on any atom is -0.323 e. The van der Waals surface area contributed by atoms with Gasteiger partial charge >= 0.3 is 0 Å². The molecule has 25 heavy (non-hydrogen) atoms. The van der Waals surface area contributed by atoms with Crippen molar-refractivity contribution in [2.75, 3.05) is 0 Å². The number of carbonyl (C=O) groups is 1. The number of rotatable bonds is 5. The first-order valence-electron chi connectivity index (χ1n) is 7.81. The van der Waals surface area contributed by atoms with E-state index in [9.17, 15) is 4.79 Å². The van der Waals surface area contributed by atoms with Gasteiger partial charge in [0.2, 0.25) is 0 Å².